The zero-order valence-corrected chi connectivity index (χ0v) is 14.6. The minimum Gasteiger partial charge on any atom is -0.337 e. The first-order valence-electron chi connectivity index (χ1n) is 8.98. The number of fused-ring (bicyclic) bond motifs is 1. The Morgan fingerprint density at radius 2 is 1.84 bits per heavy atom. The molecule has 0 spiro atoms. The molecule has 1 aliphatic rings. The lowest BCUT2D eigenvalue weighted by molar-refractivity contribution is 0.0685. The number of hydrogen-bond acceptors (Lipinski definition) is 2. The van der Waals surface area contributed by atoms with Crippen LogP contribution < -0.4 is 0 Å². The minimum absolute atomic E-state index is 0.0567. The third kappa shape index (κ3) is 3.29. The molecule has 1 saturated heterocycles. The van der Waals surface area contributed by atoms with Gasteiger partial charge in [-0.25, -0.2) is 4.98 Å². The molecule has 2 aromatic heterocycles. The Morgan fingerprint density at radius 1 is 1.08 bits per heavy atom. The number of aromatic nitrogens is 2. The van der Waals surface area contributed by atoms with Crippen LogP contribution in [0.4, 0.5) is 0 Å². The zero-order chi connectivity index (χ0) is 17.2. The molecule has 25 heavy (non-hydrogen) atoms. The Labute approximate surface area is 148 Å². The van der Waals surface area contributed by atoms with E-state index in [2.05, 4.69) is 35.3 Å². The second-order valence-corrected chi connectivity index (χ2v) is 6.95. The van der Waals surface area contributed by atoms with E-state index in [0.29, 0.717) is 11.6 Å². The number of imidazole rings is 1. The van der Waals surface area contributed by atoms with Gasteiger partial charge in [-0.15, -0.1) is 0 Å². The molecule has 0 bridgehead atoms. The van der Waals surface area contributed by atoms with Gasteiger partial charge >= 0.3 is 0 Å². The Morgan fingerprint density at radius 3 is 2.56 bits per heavy atom. The number of hydrogen-bond donors (Lipinski definition) is 0. The standard InChI is InChI=1S/C21H23N3O/c1-16-6-5-9-20-22-19(15-24(16)20)21(25)23-12-10-18(11-13-23)14-17-7-3-2-4-8-17/h2-9,15,18H,10-14H2,1H3. The molecular weight excluding hydrogens is 310 g/mol. The molecule has 4 heteroatoms. The monoisotopic (exact) mass is 333 g/mol. The fourth-order valence-corrected chi connectivity index (χ4v) is 3.70. The molecular formula is C21H23N3O. The molecule has 0 saturated carbocycles. The number of nitrogens with zero attached hydrogens (tertiary/aromatic N) is 3. The van der Waals surface area contributed by atoms with Crippen LogP contribution in [0.1, 0.15) is 34.6 Å². The van der Waals surface area contributed by atoms with Crippen molar-refractivity contribution in [2.75, 3.05) is 13.1 Å². The van der Waals surface area contributed by atoms with Crippen molar-refractivity contribution in [2.45, 2.75) is 26.2 Å². The Kier molecular flexibility index (Phi) is 4.26. The lowest BCUT2D eigenvalue weighted by Crippen LogP contribution is -2.39. The van der Waals surface area contributed by atoms with Crippen LogP contribution in [0.15, 0.2) is 54.7 Å². The van der Waals surface area contributed by atoms with Crippen molar-refractivity contribution in [1.82, 2.24) is 14.3 Å². The van der Waals surface area contributed by atoms with Crippen LogP contribution in [-0.4, -0.2) is 33.3 Å². The SMILES string of the molecule is Cc1cccc2nc(C(=O)N3CCC(Cc4ccccc4)CC3)cn12. The van der Waals surface area contributed by atoms with Gasteiger partial charge in [-0.1, -0.05) is 36.4 Å². The Hall–Kier alpha value is -2.62. The molecule has 0 unspecified atom stereocenters. The van der Waals surface area contributed by atoms with Crippen LogP contribution in [-0.2, 0) is 6.42 Å². The predicted octanol–water partition coefficient (Wildman–Crippen LogP) is 3.74. The van der Waals surface area contributed by atoms with Gasteiger partial charge in [0.1, 0.15) is 11.3 Å². The summed E-state index contributed by atoms with van der Waals surface area (Å²) in [5.74, 6) is 0.719. The number of rotatable bonds is 3. The van der Waals surface area contributed by atoms with E-state index in [1.165, 1.54) is 5.56 Å². The van der Waals surface area contributed by atoms with Gasteiger partial charge in [-0.05, 0) is 49.8 Å². The summed E-state index contributed by atoms with van der Waals surface area (Å²) in [5, 5.41) is 0. The topological polar surface area (TPSA) is 37.6 Å². The average Bonchev–Trinajstić information content (AvgIpc) is 3.08. The van der Waals surface area contributed by atoms with Crippen molar-refractivity contribution in [2.24, 2.45) is 5.92 Å². The molecule has 1 fully saturated rings. The first-order valence-corrected chi connectivity index (χ1v) is 8.98. The van der Waals surface area contributed by atoms with E-state index in [1.807, 2.05) is 40.6 Å². The number of pyridine rings is 1. The van der Waals surface area contributed by atoms with E-state index in [9.17, 15) is 4.79 Å². The fraction of sp³-hybridized carbons (Fsp3) is 0.333. The van der Waals surface area contributed by atoms with Gasteiger partial charge in [0.25, 0.3) is 5.91 Å². The van der Waals surface area contributed by atoms with Gasteiger partial charge in [0.2, 0.25) is 0 Å². The summed E-state index contributed by atoms with van der Waals surface area (Å²) in [4.78, 5) is 19.3. The number of aryl methyl sites for hydroxylation is 1. The van der Waals surface area contributed by atoms with Crippen molar-refractivity contribution >= 4 is 11.6 Å². The van der Waals surface area contributed by atoms with E-state index in [0.717, 1.165) is 43.7 Å². The van der Waals surface area contributed by atoms with E-state index in [-0.39, 0.29) is 5.91 Å². The van der Waals surface area contributed by atoms with Gasteiger partial charge in [0.15, 0.2) is 0 Å². The molecule has 1 amide bonds. The van der Waals surface area contributed by atoms with Gasteiger partial charge in [0.05, 0.1) is 0 Å². The maximum absolute atomic E-state index is 12.8. The fourth-order valence-electron chi connectivity index (χ4n) is 3.70. The number of benzene rings is 1. The second-order valence-electron chi connectivity index (χ2n) is 6.95. The highest BCUT2D eigenvalue weighted by Gasteiger charge is 2.25. The number of likely N-dealkylation sites (tertiary alicyclic amines) is 1. The molecule has 0 N–H and O–H groups in total. The summed E-state index contributed by atoms with van der Waals surface area (Å²) in [6.07, 6.45) is 5.10. The largest absolute Gasteiger partial charge is 0.337 e. The summed E-state index contributed by atoms with van der Waals surface area (Å²) in [6, 6.07) is 16.6. The number of amides is 1. The molecule has 4 nitrogen and oxygen atoms in total. The molecule has 0 radical (unpaired) electrons. The van der Waals surface area contributed by atoms with Crippen molar-refractivity contribution in [3.8, 4) is 0 Å². The Balaban J connectivity index is 1.41. The maximum Gasteiger partial charge on any atom is 0.274 e. The quantitative estimate of drug-likeness (QED) is 0.732. The third-order valence-electron chi connectivity index (χ3n) is 5.18. The third-order valence-corrected chi connectivity index (χ3v) is 5.18. The highest BCUT2D eigenvalue weighted by Crippen LogP contribution is 2.23. The van der Waals surface area contributed by atoms with Gasteiger partial charge in [0, 0.05) is 25.0 Å². The van der Waals surface area contributed by atoms with E-state index in [1.54, 1.807) is 0 Å². The predicted molar refractivity (Wildman–Crippen MR) is 98.7 cm³/mol. The van der Waals surface area contributed by atoms with Crippen molar-refractivity contribution in [3.05, 3.63) is 71.7 Å². The number of carbonyl (C=O) groups is 1. The molecule has 0 atom stereocenters. The lowest BCUT2D eigenvalue weighted by Gasteiger charge is -2.31. The second kappa shape index (κ2) is 6.71. The normalized spacial score (nSPS) is 15.6. The zero-order valence-electron chi connectivity index (χ0n) is 14.6. The summed E-state index contributed by atoms with van der Waals surface area (Å²) >= 11 is 0. The smallest absolute Gasteiger partial charge is 0.274 e. The number of carbonyl (C=O) groups excluding carboxylic acids is 1. The minimum atomic E-state index is 0.0567. The molecule has 1 aliphatic heterocycles. The molecule has 0 aliphatic carbocycles. The molecule has 128 valence electrons. The van der Waals surface area contributed by atoms with Crippen molar-refractivity contribution < 1.29 is 4.79 Å². The van der Waals surface area contributed by atoms with E-state index in [4.69, 9.17) is 0 Å². The molecule has 4 rings (SSSR count). The van der Waals surface area contributed by atoms with Gasteiger partial charge < -0.3 is 9.30 Å². The van der Waals surface area contributed by atoms with Crippen LogP contribution in [0.5, 0.6) is 0 Å². The maximum atomic E-state index is 12.8. The average molecular weight is 333 g/mol. The first kappa shape index (κ1) is 15.9. The summed E-state index contributed by atoms with van der Waals surface area (Å²) in [6.45, 7) is 3.67. The van der Waals surface area contributed by atoms with Crippen molar-refractivity contribution in [3.63, 3.8) is 0 Å². The van der Waals surface area contributed by atoms with Gasteiger partial charge in [-0.2, -0.15) is 0 Å². The van der Waals surface area contributed by atoms with E-state index < -0.39 is 0 Å². The van der Waals surface area contributed by atoms with Crippen LogP contribution >= 0.6 is 0 Å². The summed E-state index contributed by atoms with van der Waals surface area (Å²) < 4.78 is 1.98. The number of piperidine rings is 1. The van der Waals surface area contributed by atoms with E-state index >= 15 is 0 Å². The Bertz CT molecular complexity index is 877. The lowest BCUT2D eigenvalue weighted by atomic mass is 9.90. The molecule has 3 aromatic rings. The van der Waals surface area contributed by atoms with Crippen LogP contribution in [0.3, 0.4) is 0 Å². The first-order chi connectivity index (χ1) is 12.2. The van der Waals surface area contributed by atoms with Crippen molar-refractivity contribution in [1.29, 1.82) is 0 Å². The summed E-state index contributed by atoms with van der Waals surface area (Å²) in [5.41, 5.74) is 3.87. The van der Waals surface area contributed by atoms with Gasteiger partial charge in [-0.3, -0.25) is 4.79 Å². The molecule has 1 aromatic carbocycles. The highest BCUT2D eigenvalue weighted by molar-refractivity contribution is 5.93. The van der Waals surface area contributed by atoms with Crippen LogP contribution in [0.25, 0.3) is 5.65 Å². The highest BCUT2D eigenvalue weighted by atomic mass is 16.2. The molecule has 3 heterocycles. The summed E-state index contributed by atoms with van der Waals surface area (Å²) in [7, 11) is 0. The van der Waals surface area contributed by atoms with Crippen LogP contribution in [0.2, 0.25) is 0 Å². The van der Waals surface area contributed by atoms with Crippen LogP contribution in [0, 0.1) is 12.8 Å².